The molecule has 0 aliphatic heterocycles. The number of carbonyl (C=O) groups is 3. The molecule has 1 aliphatic rings. The molecule has 0 amide bonds. The van der Waals surface area contributed by atoms with Gasteiger partial charge in [-0.2, -0.15) is 13.2 Å². The first-order valence-corrected chi connectivity index (χ1v) is 7.33. The molecule has 0 radical (unpaired) electrons. The van der Waals surface area contributed by atoms with Crippen LogP contribution in [0.25, 0.3) is 0 Å². The van der Waals surface area contributed by atoms with Crippen molar-refractivity contribution in [3.05, 3.63) is 39.4 Å². The molecule has 1 atom stereocenters. The first-order valence-electron chi connectivity index (χ1n) is 7.33. The molecule has 1 aliphatic carbocycles. The molecule has 1 fully saturated rings. The van der Waals surface area contributed by atoms with Crippen LogP contribution in [-0.4, -0.2) is 22.3 Å². The number of carbonyl (C=O) groups excluding carboxylic acids is 3. The van der Waals surface area contributed by atoms with E-state index in [0.29, 0.717) is 12.1 Å². The normalized spacial score (nSPS) is 20.4. The standard InChI is InChI=1S/C16H14F3NO5/c1-15(2)6-5-11(21)12(14(15)23)13(22)9-4-3-8(16(17,18)19)7-10(9)20(24)25/h3-4,7,12H,5-6H2,1-2H3. The van der Waals surface area contributed by atoms with Crippen molar-refractivity contribution in [1.29, 1.82) is 0 Å². The van der Waals surface area contributed by atoms with Gasteiger partial charge in [-0.05, 0) is 18.6 Å². The lowest BCUT2D eigenvalue weighted by atomic mass is 9.68. The van der Waals surface area contributed by atoms with Gasteiger partial charge in [-0.1, -0.05) is 13.8 Å². The van der Waals surface area contributed by atoms with Gasteiger partial charge < -0.3 is 0 Å². The lowest BCUT2D eigenvalue weighted by molar-refractivity contribution is -0.385. The predicted octanol–water partition coefficient (Wildman–Crippen LogP) is 3.37. The number of nitrogens with zero attached hydrogens (tertiary/aromatic N) is 1. The fraction of sp³-hybridized carbons (Fsp3) is 0.438. The summed E-state index contributed by atoms with van der Waals surface area (Å²) in [5.41, 5.74) is -4.02. The summed E-state index contributed by atoms with van der Waals surface area (Å²) < 4.78 is 38.2. The third-order valence-corrected chi connectivity index (χ3v) is 4.30. The van der Waals surface area contributed by atoms with Gasteiger partial charge in [0.05, 0.1) is 16.1 Å². The van der Waals surface area contributed by atoms with Crippen LogP contribution in [0.2, 0.25) is 0 Å². The van der Waals surface area contributed by atoms with E-state index in [1.165, 1.54) is 0 Å². The molecule has 9 heteroatoms. The highest BCUT2D eigenvalue weighted by atomic mass is 19.4. The third kappa shape index (κ3) is 3.45. The summed E-state index contributed by atoms with van der Waals surface area (Å²) in [5, 5.41) is 11.1. The molecule has 2 rings (SSSR count). The van der Waals surface area contributed by atoms with Crippen molar-refractivity contribution in [3.8, 4) is 0 Å². The van der Waals surface area contributed by atoms with Gasteiger partial charge in [0.1, 0.15) is 5.92 Å². The summed E-state index contributed by atoms with van der Waals surface area (Å²) in [6, 6.07) is 1.39. The molecule has 25 heavy (non-hydrogen) atoms. The third-order valence-electron chi connectivity index (χ3n) is 4.30. The number of benzene rings is 1. The molecule has 0 N–H and O–H groups in total. The summed E-state index contributed by atoms with van der Waals surface area (Å²) in [7, 11) is 0. The molecule has 1 unspecified atom stereocenters. The van der Waals surface area contributed by atoms with E-state index in [-0.39, 0.29) is 18.9 Å². The largest absolute Gasteiger partial charge is 0.416 e. The number of hydrogen-bond acceptors (Lipinski definition) is 5. The zero-order valence-electron chi connectivity index (χ0n) is 13.3. The average Bonchev–Trinajstić information content (AvgIpc) is 2.50. The van der Waals surface area contributed by atoms with Crippen LogP contribution in [0.1, 0.15) is 42.6 Å². The van der Waals surface area contributed by atoms with Crippen LogP contribution in [0.4, 0.5) is 18.9 Å². The summed E-state index contributed by atoms with van der Waals surface area (Å²) in [6.07, 6.45) is -4.64. The van der Waals surface area contributed by atoms with Crippen LogP contribution < -0.4 is 0 Å². The summed E-state index contributed by atoms with van der Waals surface area (Å²) in [4.78, 5) is 46.9. The lowest BCUT2D eigenvalue weighted by Crippen LogP contribution is -2.44. The van der Waals surface area contributed by atoms with Gasteiger partial charge in [-0.3, -0.25) is 24.5 Å². The number of nitro benzene ring substituents is 1. The molecular formula is C16H14F3NO5. The number of ketones is 3. The minimum atomic E-state index is -4.83. The van der Waals surface area contributed by atoms with Crippen LogP contribution in [0.15, 0.2) is 18.2 Å². The topological polar surface area (TPSA) is 94.3 Å². The average molecular weight is 357 g/mol. The first-order chi connectivity index (χ1) is 11.4. The number of alkyl halides is 3. The van der Waals surface area contributed by atoms with Crippen molar-refractivity contribution in [2.24, 2.45) is 11.3 Å². The number of halogens is 3. The van der Waals surface area contributed by atoms with Gasteiger partial charge >= 0.3 is 6.18 Å². The smallest absolute Gasteiger partial charge is 0.298 e. The Morgan fingerprint density at radius 1 is 1.28 bits per heavy atom. The Hall–Kier alpha value is -2.58. The Labute approximate surface area is 140 Å². The zero-order valence-corrected chi connectivity index (χ0v) is 13.3. The van der Waals surface area contributed by atoms with Crippen molar-refractivity contribution in [3.63, 3.8) is 0 Å². The fourth-order valence-corrected chi connectivity index (χ4v) is 2.73. The Morgan fingerprint density at radius 2 is 1.88 bits per heavy atom. The van der Waals surface area contributed by atoms with Crippen molar-refractivity contribution in [1.82, 2.24) is 0 Å². The van der Waals surface area contributed by atoms with Crippen LogP contribution in [0, 0.1) is 21.4 Å². The Balaban J connectivity index is 2.53. The minimum Gasteiger partial charge on any atom is -0.298 e. The fourth-order valence-electron chi connectivity index (χ4n) is 2.73. The number of hydrogen-bond donors (Lipinski definition) is 0. The molecule has 0 saturated heterocycles. The molecule has 0 aromatic heterocycles. The summed E-state index contributed by atoms with van der Waals surface area (Å²) in [5.74, 6) is -4.21. The molecule has 6 nitrogen and oxygen atoms in total. The van der Waals surface area contributed by atoms with E-state index in [4.69, 9.17) is 0 Å². The molecule has 0 spiro atoms. The highest BCUT2D eigenvalue weighted by Gasteiger charge is 2.47. The van der Waals surface area contributed by atoms with Crippen LogP contribution in [-0.2, 0) is 15.8 Å². The maximum Gasteiger partial charge on any atom is 0.416 e. The Bertz CT molecular complexity index is 782. The molecule has 0 heterocycles. The number of Topliss-reactive ketones (excluding diaryl/α,β-unsaturated/α-hetero) is 3. The van der Waals surface area contributed by atoms with Crippen LogP contribution in [0.3, 0.4) is 0 Å². The van der Waals surface area contributed by atoms with E-state index in [0.717, 1.165) is 0 Å². The highest BCUT2D eigenvalue weighted by Crippen LogP contribution is 2.38. The van der Waals surface area contributed by atoms with Crippen molar-refractivity contribution in [2.45, 2.75) is 32.9 Å². The second-order valence-electron chi connectivity index (χ2n) is 6.50. The van der Waals surface area contributed by atoms with Gasteiger partial charge in [-0.25, -0.2) is 0 Å². The SMILES string of the molecule is CC1(C)CCC(=O)C(C(=O)c2ccc(C(F)(F)F)cc2[N+](=O)[O-])C1=O. The monoisotopic (exact) mass is 357 g/mol. The molecular weight excluding hydrogens is 343 g/mol. The molecule has 1 aromatic carbocycles. The van der Waals surface area contributed by atoms with Gasteiger partial charge in [0.15, 0.2) is 17.3 Å². The molecule has 1 aromatic rings. The van der Waals surface area contributed by atoms with Crippen LogP contribution in [0.5, 0.6) is 0 Å². The zero-order chi connectivity index (χ0) is 19.2. The van der Waals surface area contributed by atoms with Crippen molar-refractivity contribution >= 4 is 23.0 Å². The van der Waals surface area contributed by atoms with Gasteiger partial charge in [0, 0.05) is 17.9 Å². The summed E-state index contributed by atoms with van der Waals surface area (Å²) in [6.45, 7) is 3.09. The van der Waals surface area contributed by atoms with Gasteiger partial charge in [0.25, 0.3) is 5.69 Å². The van der Waals surface area contributed by atoms with E-state index in [9.17, 15) is 37.7 Å². The lowest BCUT2D eigenvalue weighted by Gasteiger charge is -2.31. The van der Waals surface area contributed by atoms with E-state index in [1.54, 1.807) is 13.8 Å². The maximum atomic E-state index is 12.7. The quantitative estimate of drug-likeness (QED) is 0.358. The molecule has 134 valence electrons. The molecule has 0 bridgehead atoms. The molecule has 1 saturated carbocycles. The van der Waals surface area contributed by atoms with Crippen molar-refractivity contribution in [2.75, 3.05) is 0 Å². The Morgan fingerprint density at radius 3 is 2.40 bits per heavy atom. The predicted molar refractivity (Wildman–Crippen MR) is 78.9 cm³/mol. The van der Waals surface area contributed by atoms with Gasteiger partial charge in [-0.15, -0.1) is 0 Å². The first kappa shape index (κ1) is 18.8. The van der Waals surface area contributed by atoms with E-state index in [2.05, 4.69) is 0 Å². The summed E-state index contributed by atoms with van der Waals surface area (Å²) >= 11 is 0. The van der Waals surface area contributed by atoms with Crippen LogP contribution >= 0.6 is 0 Å². The van der Waals surface area contributed by atoms with E-state index < -0.39 is 56.6 Å². The van der Waals surface area contributed by atoms with E-state index >= 15 is 0 Å². The second kappa shape index (κ2) is 6.05. The Kier molecular flexibility index (Phi) is 4.54. The minimum absolute atomic E-state index is 0.0520. The van der Waals surface area contributed by atoms with E-state index in [1.807, 2.05) is 0 Å². The second-order valence-corrected chi connectivity index (χ2v) is 6.50. The highest BCUT2D eigenvalue weighted by molar-refractivity contribution is 6.27. The van der Waals surface area contributed by atoms with Crippen molar-refractivity contribution < 1.29 is 32.5 Å². The van der Waals surface area contributed by atoms with Gasteiger partial charge in [0.2, 0.25) is 0 Å². The number of nitro groups is 1. The number of rotatable bonds is 3. The maximum absolute atomic E-state index is 12.7.